The van der Waals surface area contributed by atoms with Crippen molar-refractivity contribution in [2.24, 2.45) is 0 Å². The predicted octanol–water partition coefficient (Wildman–Crippen LogP) is 2.25. The van der Waals surface area contributed by atoms with E-state index in [1.165, 1.54) is 0 Å². The summed E-state index contributed by atoms with van der Waals surface area (Å²) in [6, 6.07) is 10.9. The minimum Gasteiger partial charge on any atom is -0.497 e. The van der Waals surface area contributed by atoms with Gasteiger partial charge in [-0.05, 0) is 47.9 Å². The quantitative estimate of drug-likeness (QED) is 0.690. The summed E-state index contributed by atoms with van der Waals surface area (Å²) in [7, 11) is 1.60. The Morgan fingerprint density at radius 3 is 2.33 bits per heavy atom. The molecule has 0 bridgehead atoms. The van der Waals surface area contributed by atoms with Crippen molar-refractivity contribution in [3.05, 3.63) is 63.6 Å². The van der Waals surface area contributed by atoms with E-state index in [0.29, 0.717) is 5.52 Å². The van der Waals surface area contributed by atoms with Gasteiger partial charge in [0.1, 0.15) is 11.9 Å². The molecule has 2 aromatic carbocycles. The van der Waals surface area contributed by atoms with Crippen molar-refractivity contribution in [3.63, 3.8) is 0 Å². The van der Waals surface area contributed by atoms with Crippen LogP contribution in [-0.2, 0) is 0 Å². The highest BCUT2D eigenvalue weighted by molar-refractivity contribution is 5.76. The summed E-state index contributed by atoms with van der Waals surface area (Å²) in [5, 5.41) is 10.6. The molecule has 3 aromatic rings. The van der Waals surface area contributed by atoms with E-state index >= 15 is 0 Å². The number of aryl methyl sites for hydroxylation is 1. The van der Waals surface area contributed by atoms with Gasteiger partial charge in [0.15, 0.2) is 0 Å². The largest absolute Gasteiger partial charge is 0.497 e. The number of fused-ring (bicyclic) bond motifs is 1. The first-order valence-corrected chi connectivity index (χ1v) is 6.63. The molecule has 3 rings (SSSR count). The Kier molecular flexibility index (Phi) is 3.27. The van der Waals surface area contributed by atoms with Gasteiger partial charge in [-0.25, -0.2) is 4.79 Å². The van der Waals surface area contributed by atoms with Gasteiger partial charge in [-0.3, -0.25) is 0 Å². The van der Waals surface area contributed by atoms with Crippen molar-refractivity contribution < 1.29 is 9.84 Å². The highest BCUT2D eigenvalue weighted by Crippen LogP contribution is 2.28. The summed E-state index contributed by atoms with van der Waals surface area (Å²) in [5.41, 5.74) is 3.64. The fraction of sp³-hybridized carbons (Fsp3) is 0.188. The fourth-order valence-electron chi connectivity index (χ4n) is 2.47. The molecule has 1 aromatic heterocycles. The third kappa shape index (κ3) is 2.43. The number of imidazole rings is 1. The van der Waals surface area contributed by atoms with E-state index in [1.807, 2.05) is 37.3 Å². The first-order valence-electron chi connectivity index (χ1n) is 6.63. The van der Waals surface area contributed by atoms with Crippen LogP contribution in [0, 0.1) is 6.92 Å². The molecule has 0 saturated heterocycles. The van der Waals surface area contributed by atoms with Crippen LogP contribution in [0.3, 0.4) is 0 Å². The van der Waals surface area contributed by atoms with Crippen LogP contribution in [0.25, 0.3) is 11.0 Å². The van der Waals surface area contributed by atoms with E-state index in [4.69, 9.17) is 4.74 Å². The lowest BCUT2D eigenvalue weighted by atomic mass is 9.97. The molecule has 1 atom stereocenters. The topological polar surface area (TPSA) is 78.1 Å². The van der Waals surface area contributed by atoms with E-state index in [0.717, 1.165) is 28.0 Å². The highest BCUT2D eigenvalue weighted by atomic mass is 16.5. The number of aromatic amines is 2. The molecule has 1 heterocycles. The number of aliphatic hydroxyl groups excluding tert-OH is 1. The second-order valence-corrected chi connectivity index (χ2v) is 5.01. The van der Waals surface area contributed by atoms with Crippen LogP contribution in [-0.4, -0.2) is 22.2 Å². The van der Waals surface area contributed by atoms with Crippen LogP contribution in [0.4, 0.5) is 0 Å². The van der Waals surface area contributed by atoms with Gasteiger partial charge in [0.2, 0.25) is 0 Å². The first-order chi connectivity index (χ1) is 10.1. The molecule has 1 unspecified atom stereocenters. The van der Waals surface area contributed by atoms with Gasteiger partial charge in [0, 0.05) is 0 Å². The molecule has 5 nitrogen and oxygen atoms in total. The summed E-state index contributed by atoms with van der Waals surface area (Å²) in [6.45, 7) is 1.91. The molecule has 3 N–H and O–H groups in total. The average Bonchev–Trinajstić information content (AvgIpc) is 2.85. The van der Waals surface area contributed by atoms with Crippen molar-refractivity contribution >= 4 is 11.0 Å². The zero-order chi connectivity index (χ0) is 15.0. The molecule has 108 valence electrons. The van der Waals surface area contributed by atoms with Gasteiger partial charge in [-0.15, -0.1) is 0 Å². The summed E-state index contributed by atoms with van der Waals surface area (Å²) >= 11 is 0. The predicted molar refractivity (Wildman–Crippen MR) is 80.7 cm³/mol. The van der Waals surface area contributed by atoms with Gasteiger partial charge in [-0.1, -0.05) is 12.1 Å². The van der Waals surface area contributed by atoms with Gasteiger partial charge >= 0.3 is 5.69 Å². The van der Waals surface area contributed by atoms with Crippen molar-refractivity contribution in [1.82, 2.24) is 9.97 Å². The number of aromatic nitrogens is 2. The van der Waals surface area contributed by atoms with Crippen LogP contribution >= 0.6 is 0 Å². The van der Waals surface area contributed by atoms with Gasteiger partial charge in [0.25, 0.3) is 0 Å². The number of aliphatic hydroxyl groups is 1. The maximum atomic E-state index is 11.3. The highest BCUT2D eigenvalue weighted by Gasteiger charge is 2.15. The maximum Gasteiger partial charge on any atom is 0.323 e. The van der Waals surface area contributed by atoms with Crippen LogP contribution in [0.5, 0.6) is 5.75 Å². The van der Waals surface area contributed by atoms with E-state index in [9.17, 15) is 9.90 Å². The van der Waals surface area contributed by atoms with E-state index in [2.05, 4.69) is 9.97 Å². The van der Waals surface area contributed by atoms with Crippen molar-refractivity contribution in [1.29, 1.82) is 0 Å². The summed E-state index contributed by atoms with van der Waals surface area (Å²) < 4.78 is 5.11. The standard InChI is InChI=1S/C16H16N2O3/c1-9-7-13-14(18-16(20)17-13)8-12(9)15(19)10-3-5-11(21-2)6-4-10/h3-8,15,19H,1-2H3,(H2,17,18,20). The van der Waals surface area contributed by atoms with Crippen LogP contribution in [0.15, 0.2) is 41.2 Å². The number of benzene rings is 2. The Bertz CT molecular complexity index is 831. The van der Waals surface area contributed by atoms with Gasteiger partial charge in [-0.2, -0.15) is 0 Å². The lowest BCUT2D eigenvalue weighted by Crippen LogP contribution is -2.02. The Labute approximate surface area is 121 Å². The first kappa shape index (κ1) is 13.5. The Morgan fingerprint density at radius 2 is 1.71 bits per heavy atom. The number of ether oxygens (including phenoxy) is 1. The molecule has 0 amide bonds. The third-order valence-corrected chi connectivity index (χ3v) is 3.63. The minimum atomic E-state index is -0.751. The molecule has 0 radical (unpaired) electrons. The molecule has 5 heteroatoms. The molecule has 0 aliphatic carbocycles. The summed E-state index contributed by atoms with van der Waals surface area (Å²) in [6.07, 6.45) is -0.751. The number of methoxy groups -OCH3 is 1. The second kappa shape index (κ2) is 5.10. The lowest BCUT2D eigenvalue weighted by Gasteiger charge is -2.15. The summed E-state index contributed by atoms with van der Waals surface area (Å²) in [5.74, 6) is 0.744. The monoisotopic (exact) mass is 284 g/mol. The molecular weight excluding hydrogens is 268 g/mol. The van der Waals surface area contributed by atoms with Crippen LogP contribution < -0.4 is 10.4 Å². The fourth-order valence-corrected chi connectivity index (χ4v) is 2.47. The molecule has 0 aliphatic rings. The van der Waals surface area contributed by atoms with E-state index in [-0.39, 0.29) is 5.69 Å². The second-order valence-electron chi connectivity index (χ2n) is 5.01. The zero-order valence-electron chi connectivity index (χ0n) is 11.8. The Balaban J connectivity index is 2.04. The number of hydrogen-bond acceptors (Lipinski definition) is 3. The maximum absolute atomic E-state index is 11.3. The number of nitrogens with one attached hydrogen (secondary N) is 2. The van der Waals surface area contributed by atoms with Crippen molar-refractivity contribution in [2.75, 3.05) is 7.11 Å². The number of hydrogen-bond donors (Lipinski definition) is 3. The van der Waals surface area contributed by atoms with Gasteiger partial charge < -0.3 is 19.8 Å². The van der Waals surface area contributed by atoms with E-state index < -0.39 is 6.10 Å². The van der Waals surface area contributed by atoms with Crippen LogP contribution in [0.2, 0.25) is 0 Å². The van der Waals surface area contributed by atoms with Crippen molar-refractivity contribution in [2.45, 2.75) is 13.0 Å². The normalized spacial score (nSPS) is 12.5. The molecule has 0 saturated carbocycles. The number of H-pyrrole nitrogens is 2. The smallest absolute Gasteiger partial charge is 0.323 e. The summed E-state index contributed by atoms with van der Waals surface area (Å²) in [4.78, 5) is 16.8. The molecule has 21 heavy (non-hydrogen) atoms. The van der Waals surface area contributed by atoms with Crippen molar-refractivity contribution in [3.8, 4) is 5.75 Å². The average molecular weight is 284 g/mol. The number of rotatable bonds is 3. The Morgan fingerprint density at radius 1 is 1.10 bits per heavy atom. The van der Waals surface area contributed by atoms with E-state index in [1.54, 1.807) is 13.2 Å². The van der Waals surface area contributed by atoms with Gasteiger partial charge in [0.05, 0.1) is 18.1 Å². The molecule has 0 spiro atoms. The minimum absolute atomic E-state index is 0.250. The Hall–Kier alpha value is -2.53. The van der Waals surface area contributed by atoms with Crippen LogP contribution in [0.1, 0.15) is 22.8 Å². The zero-order valence-corrected chi connectivity index (χ0v) is 11.8. The molecule has 0 fully saturated rings. The molecular formula is C16H16N2O3. The third-order valence-electron chi connectivity index (χ3n) is 3.63. The SMILES string of the molecule is COc1ccc(C(O)c2cc3[nH]c(=O)[nH]c3cc2C)cc1. The lowest BCUT2D eigenvalue weighted by molar-refractivity contribution is 0.219. The molecule has 0 aliphatic heterocycles.